The van der Waals surface area contributed by atoms with E-state index in [1.54, 1.807) is 7.05 Å². The van der Waals surface area contributed by atoms with Crippen LogP contribution < -0.4 is 9.84 Å². The number of nitrogens with one attached hydrogen (secondary N) is 1. The van der Waals surface area contributed by atoms with Gasteiger partial charge in [0, 0.05) is 5.56 Å². The summed E-state index contributed by atoms with van der Waals surface area (Å²) in [5, 5.41) is 3.10. The average molecular weight is 331 g/mol. The molecule has 4 nitrogen and oxygen atoms in total. The van der Waals surface area contributed by atoms with Crippen LogP contribution in [0.1, 0.15) is 36.3 Å². The van der Waals surface area contributed by atoms with Gasteiger partial charge in [-0.3, -0.25) is 4.52 Å². The molecule has 2 unspecified atom stereocenters. The third kappa shape index (κ3) is 2.94. The topological polar surface area (TPSA) is 47.6 Å². The highest BCUT2D eigenvalue weighted by molar-refractivity contribution is 7.54. The Morgan fingerprint density at radius 2 is 1.74 bits per heavy atom. The second-order valence-corrected chi connectivity index (χ2v) is 8.29. The lowest BCUT2D eigenvalue weighted by molar-refractivity contribution is 0.0714. The maximum atomic E-state index is 13.5. The van der Waals surface area contributed by atoms with Gasteiger partial charge in [0.05, 0.1) is 0 Å². The molecule has 0 aromatic heterocycles. The van der Waals surface area contributed by atoms with Crippen LogP contribution in [0.25, 0.3) is 0 Å². The first kappa shape index (κ1) is 16.3. The lowest BCUT2D eigenvalue weighted by atomic mass is 9.98. The van der Waals surface area contributed by atoms with E-state index in [-0.39, 0.29) is 0 Å². The quantitative estimate of drug-likeness (QED) is 0.825. The number of fused-ring (bicyclic) bond motifs is 1. The van der Waals surface area contributed by atoms with Gasteiger partial charge in [0.25, 0.3) is 0 Å². The van der Waals surface area contributed by atoms with Gasteiger partial charge in [-0.05, 0) is 39.4 Å². The van der Waals surface area contributed by atoms with Gasteiger partial charge in [0.1, 0.15) is 17.1 Å². The summed E-state index contributed by atoms with van der Waals surface area (Å²) in [7, 11) is -1.66. The molecule has 5 heteroatoms. The summed E-state index contributed by atoms with van der Waals surface area (Å²) in [6, 6.07) is 15.5. The van der Waals surface area contributed by atoms with E-state index in [0.717, 1.165) is 16.7 Å². The molecular formula is C18H22NO3P. The highest BCUT2D eigenvalue weighted by Crippen LogP contribution is 2.66. The first-order valence-electron chi connectivity index (χ1n) is 7.69. The second-order valence-electron chi connectivity index (χ2n) is 6.33. The largest absolute Gasteiger partial charge is 0.423 e. The number of rotatable bonds is 3. The lowest BCUT2D eigenvalue weighted by Gasteiger charge is -2.40. The summed E-state index contributed by atoms with van der Waals surface area (Å²) >= 11 is 0. The normalized spacial score (nSPS) is 23.7. The number of hydrogen-bond acceptors (Lipinski definition) is 4. The zero-order chi connectivity index (χ0) is 16.7. The molecule has 2 atom stereocenters. The zero-order valence-electron chi connectivity index (χ0n) is 13.9. The third-order valence-corrected chi connectivity index (χ3v) is 6.45. The molecule has 122 valence electrons. The molecule has 0 bridgehead atoms. The van der Waals surface area contributed by atoms with Gasteiger partial charge in [-0.1, -0.05) is 48.0 Å². The molecule has 2 aromatic rings. The fraction of sp³-hybridized carbons (Fsp3) is 0.333. The number of benzene rings is 2. The van der Waals surface area contributed by atoms with Crippen LogP contribution in [0.3, 0.4) is 0 Å². The molecule has 1 aliphatic heterocycles. The van der Waals surface area contributed by atoms with Crippen LogP contribution in [0.15, 0.2) is 48.5 Å². The molecule has 0 radical (unpaired) electrons. The smallest absolute Gasteiger partial charge is 0.401 e. The zero-order valence-corrected chi connectivity index (χ0v) is 14.8. The molecular weight excluding hydrogens is 309 g/mol. The standard InChI is InChI=1S/C18H22NO3P/c1-13-9-11-14(12-10-13)17(19-4)23(20)21-16-8-6-5-7-15(16)18(2,3)22-23/h5-12,17,19H,1-4H3. The van der Waals surface area contributed by atoms with Gasteiger partial charge in [-0.2, -0.15) is 0 Å². The average Bonchev–Trinajstić information content (AvgIpc) is 2.49. The monoisotopic (exact) mass is 331 g/mol. The highest BCUT2D eigenvalue weighted by atomic mass is 31.2. The maximum Gasteiger partial charge on any atom is 0.401 e. The van der Waals surface area contributed by atoms with Crippen LogP contribution in [0.5, 0.6) is 5.75 Å². The fourth-order valence-corrected chi connectivity index (χ4v) is 5.20. The summed E-state index contributed by atoms with van der Waals surface area (Å²) < 4.78 is 25.4. The summed E-state index contributed by atoms with van der Waals surface area (Å²) in [5.74, 6) is 0.107. The minimum absolute atomic E-state index is 0.518. The van der Waals surface area contributed by atoms with E-state index in [2.05, 4.69) is 5.32 Å². The molecule has 0 fully saturated rings. The molecule has 1 heterocycles. The van der Waals surface area contributed by atoms with Crippen LogP contribution in [0.4, 0.5) is 0 Å². The van der Waals surface area contributed by atoms with E-state index in [0.29, 0.717) is 5.75 Å². The van der Waals surface area contributed by atoms with Gasteiger partial charge >= 0.3 is 7.60 Å². The molecule has 23 heavy (non-hydrogen) atoms. The van der Waals surface area contributed by atoms with Crippen molar-refractivity contribution in [1.82, 2.24) is 5.32 Å². The van der Waals surface area contributed by atoms with Crippen molar-refractivity contribution in [1.29, 1.82) is 0 Å². The molecule has 0 saturated heterocycles. The molecule has 2 aromatic carbocycles. The fourth-order valence-electron chi connectivity index (χ4n) is 2.93. The van der Waals surface area contributed by atoms with E-state index in [9.17, 15) is 4.57 Å². The van der Waals surface area contributed by atoms with Crippen LogP contribution in [-0.2, 0) is 14.7 Å². The van der Waals surface area contributed by atoms with E-state index in [4.69, 9.17) is 9.05 Å². The van der Waals surface area contributed by atoms with Crippen LogP contribution in [0.2, 0.25) is 0 Å². The minimum atomic E-state index is -3.43. The summed E-state index contributed by atoms with van der Waals surface area (Å²) in [6.45, 7) is 5.86. The van der Waals surface area contributed by atoms with Gasteiger partial charge in [-0.15, -0.1) is 0 Å². The lowest BCUT2D eigenvalue weighted by Crippen LogP contribution is -2.31. The van der Waals surface area contributed by atoms with E-state index in [1.807, 2.05) is 69.3 Å². The predicted molar refractivity (Wildman–Crippen MR) is 91.8 cm³/mol. The van der Waals surface area contributed by atoms with Crippen LogP contribution in [0, 0.1) is 6.92 Å². The number of para-hydroxylation sites is 1. The molecule has 0 aliphatic carbocycles. The van der Waals surface area contributed by atoms with Crippen molar-refractivity contribution in [3.8, 4) is 5.75 Å². The Kier molecular flexibility index (Phi) is 4.09. The summed E-state index contributed by atoms with van der Waals surface area (Å²) in [6.07, 6.45) is 0. The summed E-state index contributed by atoms with van der Waals surface area (Å²) in [5.41, 5.74) is 2.27. The Bertz CT molecular complexity index is 755. The Morgan fingerprint density at radius 1 is 1.09 bits per heavy atom. The van der Waals surface area contributed by atoms with Crippen molar-refractivity contribution < 1.29 is 13.6 Å². The highest BCUT2D eigenvalue weighted by Gasteiger charge is 2.48. The van der Waals surface area contributed by atoms with Crippen LogP contribution >= 0.6 is 7.60 Å². The number of hydrogen-bond donors (Lipinski definition) is 1. The molecule has 1 aliphatic rings. The Labute approximate surface area is 137 Å². The molecule has 0 spiro atoms. The van der Waals surface area contributed by atoms with E-state index < -0.39 is 19.0 Å². The molecule has 1 N–H and O–H groups in total. The first-order chi connectivity index (χ1) is 10.9. The SMILES string of the molecule is CNC(c1ccc(C)cc1)P1(=O)Oc2ccccc2C(C)(C)O1. The maximum absolute atomic E-state index is 13.5. The Hall–Kier alpha value is -1.61. The third-order valence-electron chi connectivity index (χ3n) is 4.10. The second kappa shape index (κ2) is 5.79. The molecule has 0 amide bonds. The minimum Gasteiger partial charge on any atom is -0.423 e. The van der Waals surface area contributed by atoms with E-state index >= 15 is 0 Å². The van der Waals surface area contributed by atoms with E-state index in [1.165, 1.54) is 0 Å². The van der Waals surface area contributed by atoms with Crippen LogP contribution in [-0.4, -0.2) is 7.05 Å². The first-order valence-corrected chi connectivity index (χ1v) is 9.30. The van der Waals surface area contributed by atoms with Gasteiger partial charge in [0.2, 0.25) is 0 Å². The van der Waals surface area contributed by atoms with Gasteiger partial charge < -0.3 is 9.84 Å². The molecule has 0 saturated carbocycles. The van der Waals surface area contributed by atoms with Crippen molar-refractivity contribution >= 4 is 7.60 Å². The van der Waals surface area contributed by atoms with Crippen molar-refractivity contribution in [3.63, 3.8) is 0 Å². The summed E-state index contributed by atoms with van der Waals surface area (Å²) in [4.78, 5) is 0. The van der Waals surface area contributed by atoms with Gasteiger partial charge in [-0.25, -0.2) is 4.57 Å². The van der Waals surface area contributed by atoms with Crippen molar-refractivity contribution in [2.75, 3.05) is 7.05 Å². The Morgan fingerprint density at radius 3 is 2.39 bits per heavy atom. The van der Waals surface area contributed by atoms with Crippen molar-refractivity contribution in [2.24, 2.45) is 0 Å². The predicted octanol–water partition coefficient (Wildman–Crippen LogP) is 4.75. The Balaban J connectivity index is 2.04. The molecule has 3 rings (SSSR count). The van der Waals surface area contributed by atoms with Gasteiger partial charge in [0.15, 0.2) is 0 Å². The number of aryl methyl sites for hydroxylation is 1. The van der Waals surface area contributed by atoms with Crippen molar-refractivity contribution in [3.05, 3.63) is 65.2 Å². The van der Waals surface area contributed by atoms with Crippen molar-refractivity contribution in [2.45, 2.75) is 32.2 Å².